The van der Waals surface area contributed by atoms with E-state index in [0.29, 0.717) is 5.56 Å². The molecular formula is C65H52N4. The van der Waals surface area contributed by atoms with Gasteiger partial charge in [0.2, 0.25) is 0 Å². The van der Waals surface area contributed by atoms with Gasteiger partial charge in [-0.2, -0.15) is 5.26 Å². The Hall–Kier alpha value is -8.52. The third-order valence-electron chi connectivity index (χ3n) is 13.1. The van der Waals surface area contributed by atoms with E-state index in [1.807, 2.05) is 55.0 Å². The molecule has 0 unspecified atom stereocenters. The quantitative estimate of drug-likeness (QED) is 0.116. The molecule has 332 valence electrons. The summed E-state index contributed by atoms with van der Waals surface area (Å²) in [5.41, 5.74) is 24.9. The van der Waals surface area contributed by atoms with Gasteiger partial charge in [0.1, 0.15) is 0 Å². The lowest BCUT2D eigenvalue weighted by atomic mass is 9.86. The molecule has 0 N–H and O–H groups in total. The van der Waals surface area contributed by atoms with Crippen molar-refractivity contribution in [1.82, 2.24) is 15.0 Å². The number of hydrogen-bond donors (Lipinski definition) is 0. The molecule has 7 aromatic carbocycles. The van der Waals surface area contributed by atoms with Crippen molar-refractivity contribution in [2.45, 2.75) is 46.5 Å². The van der Waals surface area contributed by atoms with E-state index in [-0.39, 0.29) is 0 Å². The largest absolute Gasteiger partial charge is 0.256 e. The van der Waals surface area contributed by atoms with Gasteiger partial charge in [0.15, 0.2) is 0 Å². The summed E-state index contributed by atoms with van der Waals surface area (Å²) in [4.78, 5) is 14.1. The molecule has 0 aliphatic carbocycles. The lowest BCUT2D eigenvalue weighted by molar-refractivity contribution is 0.931. The summed E-state index contributed by atoms with van der Waals surface area (Å²) in [6.45, 7) is 6.29. The van der Waals surface area contributed by atoms with Gasteiger partial charge in [-0.15, -0.1) is 0 Å². The summed E-state index contributed by atoms with van der Waals surface area (Å²) < 4.78 is 0. The van der Waals surface area contributed by atoms with Gasteiger partial charge < -0.3 is 0 Å². The monoisotopic (exact) mass is 888 g/mol. The minimum Gasteiger partial charge on any atom is -0.256 e. The van der Waals surface area contributed by atoms with Crippen molar-refractivity contribution in [2.24, 2.45) is 0 Å². The molecule has 0 radical (unpaired) electrons. The Morgan fingerprint density at radius 1 is 0.333 bits per heavy atom. The van der Waals surface area contributed by atoms with E-state index in [4.69, 9.17) is 4.98 Å². The van der Waals surface area contributed by atoms with Crippen molar-refractivity contribution in [3.05, 3.63) is 257 Å². The smallest absolute Gasteiger partial charge is 0.0991 e. The van der Waals surface area contributed by atoms with Gasteiger partial charge in [-0.1, -0.05) is 146 Å². The maximum Gasteiger partial charge on any atom is 0.0991 e. The van der Waals surface area contributed by atoms with Gasteiger partial charge in [-0.05, 0) is 178 Å². The maximum absolute atomic E-state index is 9.38. The third-order valence-corrected chi connectivity index (χ3v) is 13.1. The van der Waals surface area contributed by atoms with E-state index in [9.17, 15) is 5.26 Å². The fourth-order valence-electron chi connectivity index (χ4n) is 9.22. The highest BCUT2D eigenvalue weighted by Gasteiger charge is 2.17. The van der Waals surface area contributed by atoms with E-state index < -0.39 is 0 Å². The molecule has 3 heterocycles. The number of benzene rings is 7. The Morgan fingerprint density at radius 2 is 0.826 bits per heavy atom. The number of aryl methyl sites for hydroxylation is 7. The summed E-state index contributed by atoms with van der Waals surface area (Å²) in [5, 5.41) is 9.38. The van der Waals surface area contributed by atoms with Crippen LogP contribution in [0.1, 0.15) is 44.5 Å². The molecule has 10 aromatic rings. The summed E-state index contributed by atoms with van der Waals surface area (Å²) in [6, 6.07) is 72.1. The van der Waals surface area contributed by atoms with Crippen LogP contribution in [-0.4, -0.2) is 15.0 Å². The highest BCUT2D eigenvalue weighted by atomic mass is 14.7. The Labute approximate surface area is 406 Å². The zero-order chi connectivity index (χ0) is 47.1. The molecule has 0 amide bonds. The highest BCUT2D eigenvalue weighted by molar-refractivity contribution is 5.94. The van der Waals surface area contributed by atoms with Crippen LogP contribution in [-0.2, 0) is 25.7 Å². The highest BCUT2D eigenvalue weighted by Crippen LogP contribution is 2.41. The minimum absolute atomic E-state index is 0.654. The Morgan fingerprint density at radius 3 is 1.36 bits per heavy atom. The Balaban J connectivity index is 1.01. The number of aromatic nitrogens is 3. The molecule has 4 heteroatoms. The topological polar surface area (TPSA) is 62.5 Å². The first-order valence-corrected chi connectivity index (χ1v) is 23.8. The van der Waals surface area contributed by atoms with Crippen molar-refractivity contribution in [3.8, 4) is 84.3 Å². The first kappa shape index (κ1) is 44.3. The van der Waals surface area contributed by atoms with Crippen LogP contribution < -0.4 is 0 Å². The van der Waals surface area contributed by atoms with Crippen LogP contribution in [0, 0.1) is 32.1 Å². The van der Waals surface area contributed by atoms with Crippen molar-refractivity contribution in [1.29, 1.82) is 5.26 Å². The molecule has 0 saturated heterocycles. The molecule has 69 heavy (non-hydrogen) atoms. The van der Waals surface area contributed by atoms with Gasteiger partial charge >= 0.3 is 0 Å². The van der Waals surface area contributed by atoms with Gasteiger partial charge in [-0.3, -0.25) is 15.0 Å². The summed E-state index contributed by atoms with van der Waals surface area (Å²) in [6.07, 6.45) is 9.39. The van der Waals surface area contributed by atoms with Crippen molar-refractivity contribution in [3.63, 3.8) is 0 Å². The number of hydrogen-bond acceptors (Lipinski definition) is 4. The van der Waals surface area contributed by atoms with Gasteiger partial charge in [0, 0.05) is 35.3 Å². The number of nitriles is 1. The second kappa shape index (κ2) is 20.1. The van der Waals surface area contributed by atoms with Gasteiger partial charge in [0.25, 0.3) is 0 Å². The average molecular weight is 889 g/mol. The zero-order valence-electron chi connectivity index (χ0n) is 39.3. The summed E-state index contributed by atoms with van der Waals surface area (Å²) in [5.74, 6) is 0. The summed E-state index contributed by atoms with van der Waals surface area (Å²) in [7, 11) is 0. The normalized spacial score (nSPS) is 11.0. The third kappa shape index (κ3) is 10.4. The first-order chi connectivity index (χ1) is 33.8. The van der Waals surface area contributed by atoms with Crippen LogP contribution >= 0.6 is 0 Å². The molecule has 4 nitrogen and oxygen atoms in total. The lowest BCUT2D eigenvalue weighted by Crippen LogP contribution is -1.98. The second-order valence-corrected chi connectivity index (χ2v) is 18.2. The fraction of sp³-hybridized carbons (Fsp3) is 0.108. The predicted molar refractivity (Wildman–Crippen MR) is 285 cm³/mol. The molecule has 0 saturated carbocycles. The average Bonchev–Trinajstić information content (AvgIpc) is 3.40. The molecule has 0 fully saturated rings. The molecule has 0 atom stereocenters. The van der Waals surface area contributed by atoms with Gasteiger partial charge in [-0.25, -0.2) is 0 Å². The predicted octanol–water partition coefficient (Wildman–Crippen LogP) is 15.9. The standard InChI is InChI=1S/C65H52N4/c1-44-32-34-67-64(36-44)55-21-13-47(14-22-55)9-11-50-38-51(12-10-48-15-23-56(24-16-48)65-37-45(2)33-35-68-65)40-58(39-50)59-6-4-5-7-60(59)61-30-29-57(63-31-8-46(3)43-69-63)41-62(61)54-27-25-53(26-28-54)52-19-17-49(42-66)18-20-52/h4-8,13-41,43H,9-12H2,1-3H3. The Bertz CT molecular complexity index is 3320. The molecular weight excluding hydrogens is 837 g/mol. The van der Waals surface area contributed by atoms with Crippen molar-refractivity contribution < 1.29 is 0 Å². The molecule has 3 aromatic heterocycles. The van der Waals surface area contributed by atoms with Crippen LogP contribution in [0.25, 0.3) is 78.3 Å². The van der Waals surface area contributed by atoms with Crippen LogP contribution in [0.15, 0.2) is 213 Å². The van der Waals surface area contributed by atoms with Crippen molar-refractivity contribution in [2.75, 3.05) is 0 Å². The van der Waals surface area contributed by atoms with Crippen LogP contribution in [0.2, 0.25) is 0 Å². The van der Waals surface area contributed by atoms with Crippen LogP contribution in [0.4, 0.5) is 0 Å². The zero-order valence-corrected chi connectivity index (χ0v) is 39.3. The molecule has 0 aliphatic rings. The number of nitrogens with zero attached hydrogens (tertiary/aromatic N) is 4. The number of pyridine rings is 3. The van der Waals surface area contributed by atoms with E-state index in [1.54, 1.807) is 0 Å². The summed E-state index contributed by atoms with van der Waals surface area (Å²) >= 11 is 0. The SMILES string of the molecule is Cc1ccc(-c2ccc(-c3ccccc3-c3cc(CCc4ccc(-c5cc(C)ccn5)cc4)cc(CCc4ccc(-c5cc(C)ccn5)cc4)c3)c(-c3ccc(-c4ccc(C#N)cc4)cc3)c2)nc1. The van der Waals surface area contributed by atoms with Crippen LogP contribution in [0.3, 0.4) is 0 Å². The number of rotatable bonds is 13. The second-order valence-electron chi connectivity index (χ2n) is 18.2. The van der Waals surface area contributed by atoms with E-state index in [2.05, 4.69) is 195 Å². The minimum atomic E-state index is 0.654. The van der Waals surface area contributed by atoms with Crippen molar-refractivity contribution >= 4 is 0 Å². The Kier molecular flexibility index (Phi) is 12.9. The van der Waals surface area contributed by atoms with E-state index >= 15 is 0 Å². The molecule has 0 aliphatic heterocycles. The van der Waals surface area contributed by atoms with E-state index in [0.717, 1.165) is 92.8 Å². The maximum atomic E-state index is 9.38. The fourth-order valence-corrected chi connectivity index (χ4v) is 9.22. The lowest BCUT2D eigenvalue weighted by Gasteiger charge is -2.18. The van der Waals surface area contributed by atoms with E-state index in [1.165, 1.54) is 50.1 Å². The molecule has 10 rings (SSSR count). The van der Waals surface area contributed by atoms with Crippen LogP contribution in [0.5, 0.6) is 0 Å². The molecule has 0 spiro atoms. The van der Waals surface area contributed by atoms with Gasteiger partial charge in [0.05, 0.1) is 28.7 Å². The first-order valence-electron chi connectivity index (χ1n) is 23.8. The molecule has 0 bridgehead atoms.